The van der Waals surface area contributed by atoms with E-state index >= 15 is 0 Å². The van der Waals surface area contributed by atoms with Crippen LogP contribution >= 0.6 is 0 Å². The van der Waals surface area contributed by atoms with Gasteiger partial charge in [-0.2, -0.15) is 0 Å². The molecule has 0 radical (unpaired) electrons. The summed E-state index contributed by atoms with van der Waals surface area (Å²) in [4.78, 5) is 14.7. The zero-order valence-electron chi connectivity index (χ0n) is 35.6. The molecule has 0 fully saturated rings. The lowest BCUT2D eigenvalue weighted by Crippen LogP contribution is -2.00. The number of aromatic nitrogens is 5. The number of allylic oxidation sites excluding steroid dienone is 8. The molecule has 5 heteroatoms. The molecule has 0 unspecified atom stereocenters. The molecule has 1 aliphatic rings. The van der Waals surface area contributed by atoms with Gasteiger partial charge in [0.1, 0.15) is 0 Å². The van der Waals surface area contributed by atoms with Gasteiger partial charge in [-0.3, -0.25) is 0 Å². The molecule has 0 saturated heterocycles. The fraction of sp³-hybridized carbons (Fsp3) is 0.0517. The SMILES string of the molecule is C1=CCC=CC(n2ccc3cc4c(ccc5c6ccccc6n(-c6ccc(-c7ccc(-c8nc(-c9ccccc9)nc(-c9ccccc9)n8)cc7)cc6)c45)cc32)=C1.C=CC.C=CC. The fourth-order valence-electron chi connectivity index (χ4n) is 8.19. The van der Waals surface area contributed by atoms with Crippen molar-refractivity contribution < 1.29 is 0 Å². The fourth-order valence-corrected chi connectivity index (χ4v) is 8.19. The molecule has 0 saturated carbocycles. The highest BCUT2D eigenvalue weighted by atomic mass is 15.0. The third-order valence-electron chi connectivity index (χ3n) is 11.0. The van der Waals surface area contributed by atoms with Gasteiger partial charge in [-0.15, -0.1) is 13.2 Å². The summed E-state index contributed by atoms with van der Waals surface area (Å²) < 4.78 is 4.72. The van der Waals surface area contributed by atoms with Gasteiger partial charge in [-0.1, -0.05) is 158 Å². The van der Waals surface area contributed by atoms with E-state index in [4.69, 9.17) is 15.0 Å². The third-order valence-corrected chi connectivity index (χ3v) is 11.0. The Morgan fingerprint density at radius 1 is 0.492 bits per heavy atom. The summed E-state index contributed by atoms with van der Waals surface area (Å²) in [5.74, 6) is 1.96. The van der Waals surface area contributed by atoms with E-state index < -0.39 is 0 Å². The van der Waals surface area contributed by atoms with E-state index in [1.165, 1.54) is 49.2 Å². The Morgan fingerprint density at radius 3 is 1.68 bits per heavy atom. The van der Waals surface area contributed by atoms with Gasteiger partial charge in [0.05, 0.1) is 16.6 Å². The van der Waals surface area contributed by atoms with Crippen molar-refractivity contribution in [1.29, 1.82) is 0 Å². The normalized spacial score (nSPS) is 12.0. The van der Waals surface area contributed by atoms with Crippen molar-refractivity contribution in [2.45, 2.75) is 20.3 Å². The van der Waals surface area contributed by atoms with E-state index in [0.29, 0.717) is 17.5 Å². The van der Waals surface area contributed by atoms with Gasteiger partial charge >= 0.3 is 0 Å². The molecule has 1 aliphatic carbocycles. The van der Waals surface area contributed by atoms with Crippen LogP contribution in [-0.2, 0) is 0 Å². The van der Waals surface area contributed by atoms with Crippen molar-refractivity contribution in [1.82, 2.24) is 24.1 Å². The number of para-hydroxylation sites is 1. The van der Waals surface area contributed by atoms with E-state index in [9.17, 15) is 0 Å². The minimum Gasteiger partial charge on any atom is -0.317 e. The van der Waals surface area contributed by atoms with Crippen LogP contribution in [0.3, 0.4) is 0 Å². The molecule has 10 aromatic rings. The predicted molar refractivity (Wildman–Crippen MR) is 268 cm³/mol. The van der Waals surface area contributed by atoms with Crippen LogP contribution in [0.5, 0.6) is 0 Å². The van der Waals surface area contributed by atoms with Crippen molar-refractivity contribution in [3.05, 3.63) is 226 Å². The average molecular weight is 814 g/mol. The summed E-state index contributed by atoms with van der Waals surface area (Å²) >= 11 is 0. The summed E-state index contributed by atoms with van der Waals surface area (Å²) in [6.07, 6.45) is 17.6. The third kappa shape index (κ3) is 8.08. The zero-order chi connectivity index (χ0) is 43.1. The molecular weight excluding hydrogens is 767 g/mol. The standard InChI is InChI=1S/C52H35N5.2C3H6/c1-2-10-18-42(17-9-1)56-32-31-41-33-46-40(34-48(41)56)27-30-45-44-19-11-12-20-47(44)57(49(45)46)43-28-25-36(26-29-43)35-21-23-39(24-22-35)52-54-50(37-13-5-3-6-14-37)53-51(55-52)38-15-7-4-8-16-38;2*1-3-2/h1,3-34H,2H2;2*3H,1H2,2H3. The molecule has 3 aromatic heterocycles. The highest BCUT2D eigenvalue weighted by molar-refractivity contribution is 6.20. The minimum atomic E-state index is 0.646. The highest BCUT2D eigenvalue weighted by Gasteiger charge is 2.17. The van der Waals surface area contributed by atoms with Crippen molar-refractivity contribution in [2.75, 3.05) is 0 Å². The van der Waals surface area contributed by atoms with Crippen molar-refractivity contribution in [3.63, 3.8) is 0 Å². The van der Waals surface area contributed by atoms with Gasteiger partial charge in [0.15, 0.2) is 17.5 Å². The predicted octanol–water partition coefficient (Wildman–Crippen LogP) is 15.5. The molecule has 0 bridgehead atoms. The Labute approximate surface area is 368 Å². The first-order valence-corrected chi connectivity index (χ1v) is 21.3. The minimum absolute atomic E-state index is 0.646. The van der Waals surface area contributed by atoms with Crippen LogP contribution in [0, 0.1) is 0 Å². The van der Waals surface area contributed by atoms with Gasteiger partial charge in [0, 0.05) is 55.8 Å². The van der Waals surface area contributed by atoms with Crippen LogP contribution in [0.15, 0.2) is 226 Å². The summed E-state index contributed by atoms with van der Waals surface area (Å²) in [7, 11) is 0. The van der Waals surface area contributed by atoms with E-state index in [-0.39, 0.29) is 0 Å². The number of fused-ring (bicyclic) bond motifs is 6. The van der Waals surface area contributed by atoms with E-state index in [2.05, 4.69) is 162 Å². The number of benzene rings is 7. The molecule has 7 aromatic carbocycles. The highest BCUT2D eigenvalue weighted by Crippen LogP contribution is 2.39. The quantitative estimate of drug-likeness (QED) is 0.157. The topological polar surface area (TPSA) is 48.5 Å². The van der Waals surface area contributed by atoms with Crippen LogP contribution in [0.1, 0.15) is 20.3 Å². The van der Waals surface area contributed by atoms with Crippen LogP contribution in [0.2, 0.25) is 0 Å². The van der Waals surface area contributed by atoms with Crippen molar-refractivity contribution in [3.8, 4) is 51.0 Å². The molecular formula is C58H47N5. The maximum atomic E-state index is 4.92. The Hall–Kier alpha value is -8.15. The first kappa shape index (κ1) is 40.3. The molecule has 11 rings (SSSR count). The van der Waals surface area contributed by atoms with Crippen LogP contribution in [0.25, 0.3) is 100 Å². The van der Waals surface area contributed by atoms with Gasteiger partial charge in [0.25, 0.3) is 0 Å². The molecule has 0 atom stereocenters. The van der Waals surface area contributed by atoms with Crippen LogP contribution in [-0.4, -0.2) is 24.1 Å². The number of hydrogen-bond donors (Lipinski definition) is 0. The van der Waals surface area contributed by atoms with Gasteiger partial charge in [0.2, 0.25) is 0 Å². The van der Waals surface area contributed by atoms with Gasteiger partial charge < -0.3 is 9.13 Å². The smallest absolute Gasteiger partial charge is 0.164 e. The first-order valence-electron chi connectivity index (χ1n) is 21.3. The second kappa shape index (κ2) is 18.2. The lowest BCUT2D eigenvalue weighted by molar-refractivity contribution is 1.07. The van der Waals surface area contributed by atoms with Gasteiger partial charge in [-0.25, -0.2) is 15.0 Å². The molecule has 0 amide bonds. The lowest BCUT2D eigenvalue weighted by atomic mass is 10.0. The Bertz CT molecular complexity index is 3260. The zero-order valence-corrected chi connectivity index (χ0v) is 35.6. The van der Waals surface area contributed by atoms with E-state index in [1.807, 2.05) is 74.5 Å². The largest absolute Gasteiger partial charge is 0.317 e. The maximum absolute atomic E-state index is 4.92. The average Bonchev–Trinajstić information content (AvgIpc) is 3.78. The maximum Gasteiger partial charge on any atom is 0.164 e. The summed E-state index contributed by atoms with van der Waals surface area (Å²) in [6, 6.07) is 57.9. The molecule has 5 nitrogen and oxygen atoms in total. The molecule has 0 spiro atoms. The molecule has 0 N–H and O–H groups in total. The lowest BCUT2D eigenvalue weighted by Gasteiger charge is -2.12. The van der Waals surface area contributed by atoms with Gasteiger partial charge in [-0.05, 0) is 85.3 Å². The van der Waals surface area contributed by atoms with Crippen molar-refractivity contribution >= 4 is 49.2 Å². The van der Waals surface area contributed by atoms with Crippen LogP contribution in [0.4, 0.5) is 0 Å². The van der Waals surface area contributed by atoms with E-state index in [0.717, 1.165) is 39.9 Å². The monoisotopic (exact) mass is 813 g/mol. The Morgan fingerprint density at radius 2 is 1.05 bits per heavy atom. The molecule has 0 aliphatic heterocycles. The first-order chi connectivity index (χ1) is 31.1. The summed E-state index contributed by atoms with van der Waals surface area (Å²) in [5.41, 5.74) is 11.0. The van der Waals surface area contributed by atoms with Crippen molar-refractivity contribution in [2.24, 2.45) is 0 Å². The van der Waals surface area contributed by atoms with E-state index in [1.54, 1.807) is 12.2 Å². The van der Waals surface area contributed by atoms with Crippen LogP contribution < -0.4 is 0 Å². The number of hydrogen-bond acceptors (Lipinski definition) is 3. The molecule has 304 valence electrons. The Kier molecular flexibility index (Phi) is 11.6. The summed E-state index contributed by atoms with van der Waals surface area (Å²) in [6.45, 7) is 10.5. The second-order valence-corrected chi connectivity index (χ2v) is 15.3. The molecule has 3 heterocycles. The Balaban J connectivity index is 0.000000798. The summed E-state index contributed by atoms with van der Waals surface area (Å²) in [5, 5.41) is 6.17. The number of rotatable bonds is 6. The molecule has 63 heavy (non-hydrogen) atoms. The number of nitrogens with zero attached hydrogens (tertiary/aromatic N) is 5. The second-order valence-electron chi connectivity index (χ2n) is 15.3.